The quantitative estimate of drug-likeness (QED) is 0.264. The Bertz CT molecular complexity index is 1230. The number of aliphatic hydroxyl groups excluding tert-OH is 1. The number of aromatic nitrogens is 2. The van der Waals surface area contributed by atoms with Gasteiger partial charge >= 0.3 is 0 Å². The summed E-state index contributed by atoms with van der Waals surface area (Å²) < 4.78 is 19.0. The maximum absolute atomic E-state index is 9.94. The van der Waals surface area contributed by atoms with Gasteiger partial charge in [-0.2, -0.15) is 0 Å². The van der Waals surface area contributed by atoms with Crippen LogP contribution in [0.1, 0.15) is 12.7 Å². The second kappa shape index (κ2) is 12.6. The summed E-state index contributed by atoms with van der Waals surface area (Å²) in [5.41, 5.74) is 2.72. The number of nitrogens with zero attached hydrogens (tertiary/aromatic N) is 2. The van der Waals surface area contributed by atoms with Gasteiger partial charge in [-0.25, -0.2) is 4.98 Å². The smallest absolute Gasteiger partial charge is 0.140 e. The lowest BCUT2D eigenvalue weighted by molar-refractivity contribution is 0.107. The average molecular weight is 508 g/mol. The van der Waals surface area contributed by atoms with Crippen LogP contribution in [0.5, 0.6) is 17.2 Å². The maximum atomic E-state index is 9.94. The third-order valence-corrected chi connectivity index (χ3v) is 5.69. The summed E-state index contributed by atoms with van der Waals surface area (Å²) >= 11 is 5.95. The lowest BCUT2D eigenvalue weighted by atomic mass is 10.1. The van der Waals surface area contributed by atoms with Crippen LogP contribution in [0.4, 0.5) is 0 Å². The predicted octanol–water partition coefficient (Wildman–Crippen LogP) is 5.48. The van der Waals surface area contributed by atoms with E-state index >= 15 is 0 Å². The molecule has 0 saturated heterocycles. The number of imidazole rings is 1. The minimum absolute atomic E-state index is 0.233. The molecule has 0 bridgehead atoms. The molecular formula is C28H30ClN3O4. The van der Waals surface area contributed by atoms with E-state index in [9.17, 15) is 5.11 Å². The average Bonchev–Trinajstić information content (AvgIpc) is 3.32. The monoisotopic (exact) mass is 507 g/mol. The number of hydrogen-bond acceptors (Lipinski definition) is 6. The van der Waals surface area contributed by atoms with Crippen molar-refractivity contribution in [2.24, 2.45) is 0 Å². The minimum atomic E-state index is -0.556. The Kier molecular flexibility index (Phi) is 8.97. The van der Waals surface area contributed by atoms with Crippen LogP contribution < -0.4 is 14.8 Å². The number of benzene rings is 3. The summed E-state index contributed by atoms with van der Waals surface area (Å²) in [6, 6.07) is 22.7. The van der Waals surface area contributed by atoms with Crippen molar-refractivity contribution in [2.75, 3.05) is 26.8 Å². The number of hydrogen-bond donors (Lipinski definition) is 2. The fourth-order valence-electron chi connectivity index (χ4n) is 3.61. The topological polar surface area (TPSA) is 77.8 Å². The summed E-state index contributed by atoms with van der Waals surface area (Å²) in [7, 11) is 1.65. The van der Waals surface area contributed by atoms with Crippen LogP contribution in [0.3, 0.4) is 0 Å². The SMILES string of the molecule is CCNCC(O)COc1ccc(-c2cn(-c3ccc(Oc4ccc(Cl)cc4)cc3)c(COC)n2)cc1. The van der Waals surface area contributed by atoms with Crippen LogP contribution in [0, 0.1) is 0 Å². The molecule has 0 saturated carbocycles. The van der Waals surface area contributed by atoms with E-state index in [1.807, 2.05) is 78.4 Å². The zero-order valence-electron chi connectivity index (χ0n) is 20.4. The number of likely N-dealkylation sites (N-methyl/N-ethyl adjacent to an activating group) is 1. The standard InChI is InChI=1S/C28H30ClN3O4/c1-3-30-16-23(33)18-35-24-10-4-20(5-11-24)27-17-32(28(31-27)19-34-2)22-8-14-26(15-9-22)36-25-12-6-21(29)7-13-25/h4-15,17,23,30,33H,3,16,18-19H2,1-2H3. The molecule has 0 aliphatic heterocycles. The molecule has 1 heterocycles. The maximum Gasteiger partial charge on any atom is 0.140 e. The second-order valence-electron chi connectivity index (χ2n) is 8.19. The first-order valence-electron chi connectivity index (χ1n) is 11.8. The highest BCUT2D eigenvalue weighted by Gasteiger charge is 2.12. The molecule has 1 aromatic heterocycles. The third kappa shape index (κ3) is 6.86. The highest BCUT2D eigenvalue weighted by Crippen LogP contribution is 2.27. The second-order valence-corrected chi connectivity index (χ2v) is 8.63. The third-order valence-electron chi connectivity index (χ3n) is 5.44. The molecule has 1 unspecified atom stereocenters. The summed E-state index contributed by atoms with van der Waals surface area (Å²) in [4.78, 5) is 4.79. The van der Waals surface area contributed by atoms with E-state index < -0.39 is 6.10 Å². The largest absolute Gasteiger partial charge is 0.491 e. The lowest BCUT2D eigenvalue weighted by Gasteiger charge is -2.12. The molecule has 7 nitrogen and oxygen atoms in total. The molecule has 0 spiro atoms. The van der Waals surface area contributed by atoms with Crippen LogP contribution in [0.15, 0.2) is 79.0 Å². The van der Waals surface area contributed by atoms with E-state index in [0.29, 0.717) is 23.9 Å². The Morgan fingerprint density at radius 1 is 0.944 bits per heavy atom. The van der Waals surface area contributed by atoms with Gasteiger partial charge in [0.2, 0.25) is 0 Å². The molecule has 0 radical (unpaired) electrons. The number of rotatable bonds is 12. The molecule has 4 rings (SSSR count). The van der Waals surface area contributed by atoms with E-state index in [4.69, 9.17) is 30.8 Å². The molecule has 3 aromatic carbocycles. The van der Waals surface area contributed by atoms with Crippen LogP contribution in [-0.4, -0.2) is 47.6 Å². The molecule has 0 fully saturated rings. The molecule has 8 heteroatoms. The summed E-state index contributed by atoms with van der Waals surface area (Å²) in [6.45, 7) is 3.91. The Morgan fingerprint density at radius 3 is 2.22 bits per heavy atom. The molecule has 2 N–H and O–H groups in total. The molecular weight excluding hydrogens is 478 g/mol. The van der Waals surface area contributed by atoms with E-state index in [-0.39, 0.29) is 6.61 Å². The fraction of sp³-hybridized carbons (Fsp3) is 0.250. The molecule has 0 aliphatic rings. The van der Waals surface area contributed by atoms with Crippen LogP contribution >= 0.6 is 11.6 Å². The molecule has 188 valence electrons. The normalized spacial score (nSPS) is 11.9. The Labute approximate surface area is 216 Å². The molecule has 1 atom stereocenters. The first-order valence-corrected chi connectivity index (χ1v) is 12.2. The van der Waals surface area contributed by atoms with Gasteiger partial charge in [-0.05, 0) is 79.3 Å². The van der Waals surface area contributed by atoms with Crippen molar-refractivity contribution in [1.29, 1.82) is 0 Å². The number of aliphatic hydroxyl groups is 1. The number of methoxy groups -OCH3 is 1. The number of ether oxygens (including phenoxy) is 3. The Balaban J connectivity index is 1.47. The van der Waals surface area contributed by atoms with Gasteiger partial charge in [0.05, 0.1) is 5.69 Å². The van der Waals surface area contributed by atoms with Crippen LogP contribution in [-0.2, 0) is 11.3 Å². The lowest BCUT2D eigenvalue weighted by Crippen LogP contribution is -2.31. The van der Waals surface area contributed by atoms with Gasteiger partial charge in [0.15, 0.2) is 0 Å². The number of halogens is 1. The molecule has 0 amide bonds. The van der Waals surface area contributed by atoms with Gasteiger partial charge in [-0.15, -0.1) is 0 Å². The molecule has 4 aromatic rings. The van der Waals surface area contributed by atoms with Gasteiger partial charge < -0.3 is 29.2 Å². The summed E-state index contributed by atoms with van der Waals surface area (Å²) in [5.74, 6) is 2.92. The van der Waals surface area contributed by atoms with E-state index in [1.54, 1.807) is 19.2 Å². The highest BCUT2D eigenvalue weighted by atomic mass is 35.5. The number of nitrogens with one attached hydrogen (secondary N) is 1. The van der Waals surface area contributed by atoms with E-state index in [2.05, 4.69) is 5.32 Å². The van der Waals surface area contributed by atoms with Crippen molar-refractivity contribution in [3.05, 3.63) is 89.8 Å². The van der Waals surface area contributed by atoms with E-state index in [0.717, 1.165) is 40.8 Å². The first-order chi connectivity index (χ1) is 17.6. The van der Waals surface area contributed by atoms with Crippen molar-refractivity contribution in [3.8, 4) is 34.2 Å². The van der Waals surface area contributed by atoms with Crippen molar-refractivity contribution < 1.29 is 19.3 Å². The van der Waals surface area contributed by atoms with Gasteiger partial charge in [-0.1, -0.05) is 18.5 Å². The highest BCUT2D eigenvalue weighted by molar-refractivity contribution is 6.30. The fourth-order valence-corrected chi connectivity index (χ4v) is 3.74. The Hall–Kier alpha value is -3.36. The van der Waals surface area contributed by atoms with Gasteiger partial charge in [0, 0.05) is 36.1 Å². The predicted molar refractivity (Wildman–Crippen MR) is 141 cm³/mol. The summed E-state index contributed by atoms with van der Waals surface area (Å²) in [5, 5.41) is 13.7. The van der Waals surface area contributed by atoms with Crippen molar-refractivity contribution in [2.45, 2.75) is 19.6 Å². The zero-order chi connectivity index (χ0) is 25.3. The van der Waals surface area contributed by atoms with Crippen LogP contribution in [0.25, 0.3) is 16.9 Å². The van der Waals surface area contributed by atoms with Gasteiger partial charge in [0.1, 0.15) is 42.4 Å². The summed E-state index contributed by atoms with van der Waals surface area (Å²) in [6.07, 6.45) is 1.43. The van der Waals surface area contributed by atoms with Crippen molar-refractivity contribution in [3.63, 3.8) is 0 Å². The van der Waals surface area contributed by atoms with Crippen LogP contribution in [0.2, 0.25) is 5.02 Å². The minimum Gasteiger partial charge on any atom is -0.491 e. The van der Waals surface area contributed by atoms with Crippen molar-refractivity contribution >= 4 is 11.6 Å². The molecule has 0 aliphatic carbocycles. The molecule has 36 heavy (non-hydrogen) atoms. The zero-order valence-corrected chi connectivity index (χ0v) is 21.1. The Morgan fingerprint density at radius 2 is 1.58 bits per heavy atom. The van der Waals surface area contributed by atoms with Gasteiger partial charge in [0.25, 0.3) is 0 Å². The van der Waals surface area contributed by atoms with E-state index in [1.165, 1.54) is 0 Å². The van der Waals surface area contributed by atoms with Crippen molar-refractivity contribution in [1.82, 2.24) is 14.9 Å². The van der Waals surface area contributed by atoms with Gasteiger partial charge in [-0.3, -0.25) is 0 Å². The first kappa shape index (κ1) is 25.7.